The largest absolute Gasteiger partial charge is 0.460 e. The Balaban J connectivity index is 1.56. The Morgan fingerprint density at radius 2 is 1.81 bits per heavy atom. The number of nitrogens with one attached hydrogen (secondary N) is 1. The van der Waals surface area contributed by atoms with Gasteiger partial charge in [-0.2, -0.15) is 0 Å². The van der Waals surface area contributed by atoms with E-state index in [0.717, 1.165) is 11.3 Å². The molecule has 7 nitrogen and oxygen atoms in total. The van der Waals surface area contributed by atoms with Gasteiger partial charge in [-0.25, -0.2) is 4.79 Å². The van der Waals surface area contributed by atoms with Crippen LogP contribution >= 0.6 is 23.2 Å². The number of ketones is 1. The predicted molar refractivity (Wildman–Crippen MR) is 139 cm³/mol. The van der Waals surface area contributed by atoms with Crippen molar-refractivity contribution in [3.05, 3.63) is 80.1 Å². The van der Waals surface area contributed by atoms with E-state index < -0.39 is 11.9 Å². The minimum atomic E-state index is -0.712. The highest BCUT2D eigenvalue weighted by atomic mass is 35.5. The second kappa shape index (κ2) is 10.8. The monoisotopic (exact) mass is 543 g/mol. The minimum Gasteiger partial charge on any atom is -0.460 e. The summed E-state index contributed by atoms with van der Waals surface area (Å²) in [5.41, 5.74) is 3.88. The maximum absolute atomic E-state index is 13.8. The Bertz CT molecular complexity index is 1300. The highest BCUT2D eigenvalue weighted by Gasteiger charge is 2.42. The van der Waals surface area contributed by atoms with Gasteiger partial charge in [-0.3, -0.25) is 4.79 Å². The molecule has 2 heterocycles. The first-order valence-corrected chi connectivity index (χ1v) is 13.0. The first-order chi connectivity index (χ1) is 17.9. The van der Waals surface area contributed by atoms with Crippen LogP contribution in [0, 0.1) is 0 Å². The van der Waals surface area contributed by atoms with Gasteiger partial charge >= 0.3 is 5.97 Å². The number of ether oxygens (including phenoxy) is 4. The molecule has 0 fully saturated rings. The number of benzene rings is 2. The summed E-state index contributed by atoms with van der Waals surface area (Å²) in [7, 11) is 0. The summed E-state index contributed by atoms with van der Waals surface area (Å²) < 4.78 is 21.9. The molecule has 2 atom stereocenters. The summed E-state index contributed by atoms with van der Waals surface area (Å²) in [5.74, 6) is -0.268. The molecule has 0 saturated heterocycles. The Morgan fingerprint density at radius 1 is 1.08 bits per heavy atom. The molecular weight excluding hydrogens is 517 g/mol. The molecule has 0 aromatic heterocycles. The molecule has 0 spiro atoms. The third kappa shape index (κ3) is 5.08. The quantitative estimate of drug-likeness (QED) is 0.356. The van der Waals surface area contributed by atoms with Gasteiger partial charge in [0.05, 0.1) is 12.2 Å². The smallest absolute Gasteiger partial charge is 0.336 e. The van der Waals surface area contributed by atoms with Gasteiger partial charge in [0, 0.05) is 52.0 Å². The van der Waals surface area contributed by atoms with Crippen LogP contribution < -0.4 is 14.8 Å². The number of carbonyl (C=O) groups excluding carboxylic acids is 2. The summed E-state index contributed by atoms with van der Waals surface area (Å²) in [6.45, 7) is 4.68. The van der Waals surface area contributed by atoms with Crippen molar-refractivity contribution in [2.24, 2.45) is 0 Å². The number of allylic oxidation sites excluding steroid dienone is 3. The van der Waals surface area contributed by atoms with Crippen LogP contribution in [-0.2, 0) is 19.1 Å². The standard InChI is InChI=1S/C28H27Cl2NO6/c1-3-34-8-9-35-28(33)25-15(2)31-21-10-17(16-4-6-18(29)7-5-16)11-22(32)27(21)26(25)19-12-23-24(13-20(19)30)37-14-36-23/h4-7,12-13,17,26,31H,3,8-11,14H2,1-2H3. The van der Waals surface area contributed by atoms with Crippen LogP contribution in [0.15, 0.2) is 58.9 Å². The third-order valence-electron chi connectivity index (χ3n) is 6.86. The highest BCUT2D eigenvalue weighted by Crippen LogP contribution is 2.49. The lowest BCUT2D eigenvalue weighted by Gasteiger charge is -2.37. The maximum Gasteiger partial charge on any atom is 0.336 e. The van der Waals surface area contributed by atoms with E-state index in [0.29, 0.717) is 63.4 Å². The first-order valence-electron chi connectivity index (χ1n) is 12.2. The second-order valence-corrected chi connectivity index (χ2v) is 9.97. The van der Waals surface area contributed by atoms with E-state index in [1.807, 2.05) is 38.1 Å². The summed E-state index contributed by atoms with van der Waals surface area (Å²) in [5, 5.41) is 4.37. The first kappa shape index (κ1) is 25.6. The summed E-state index contributed by atoms with van der Waals surface area (Å²) in [6, 6.07) is 11.0. The summed E-state index contributed by atoms with van der Waals surface area (Å²) in [4.78, 5) is 27.1. The van der Waals surface area contributed by atoms with E-state index in [-0.39, 0.29) is 31.7 Å². The SMILES string of the molecule is CCOCCOC(=O)C1=C(C)NC2=C(C(=O)CC(c3ccc(Cl)cc3)C2)C1c1cc2c(cc1Cl)OCO2. The molecule has 2 unspecified atom stereocenters. The van der Waals surface area contributed by atoms with E-state index in [1.165, 1.54) is 0 Å². The third-order valence-corrected chi connectivity index (χ3v) is 7.44. The number of hydrogen-bond acceptors (Lipinski definition) is 7. The van der Waals surface area contributed by atoms with Crippen molar-refractivity contribution in [2.45, 2.75) is 38.5 Å². The number of rotatable bonds is 7. The number of carbonyl (C=O) groups is 2. The summed E-state index contributed by atoms with van der Waals surface area (Å²) in [6.07, 6.45) is 0.901. The fourth-order valence-corrected chi connectivity index (χ4v) is 5.55. The van der Waals surface area contributed by atoms with Crippen molar-refractivity contribution in [1.82, 2.24) is 5.32 Å². The number of Topliss-reactive ketones (excluding diaryl/α,β-unsaturated/α-hetero) is 1. The molecule has 37 heavy (non-hydrogen) atoms. The van der Waals surface area contributed by atoms with E-state index >= 15 is 0 Å². The molecule has 0 saturated carbocycles. The number of hydrogen-bond donors (Lipinski definition) is 1. The number of halogens is 2. The Hall–Kier alpha value is -3.00. The molecule has 0 amide bonds. The van der Waals surface area contributed by atoms with Crippen molar-refractivity contribution >= 4 is 35.0 Å². The molecule has 0 bridgehead atoms. The molecule has 194 valence electrons. The van der Waals surface area contributed by atoms with Crippen LogP contribution in [-0.4, -0.2) is 38.4 Å². The highest BCUT2D eigenvalue weighted by molar-refractivity contribution is 6.32. The zero-order chi connectivity index (χ0) is 26.1. The molecule has 3 aliphatic rings. The van der Waals surface area contributed by atoms with Gasteiger partial charge in [-0.05, 0) is 55.5 Å². The van der Waals surface area contributed by atoms with Crippen molar-refractivity contribution in [3.63, 3.8) is 0 Å². The number of esters is 1. The molecule has 1 aliphatic carbocycles. The lowest BCUT2D eigenvalue weighted by Crippen LogP contribution is -2.36. The average molecular weight is 544 g/mol. The van der Waals surface area contributed by atoms with Gasteiger partial charge in [0.2, 0.25) is 6.79 Å². The van der Waals surface area contributed by atoms with Crippen LogP contribution in [0.1, 0.15) is 49.7 Å². The van der Waals surface area contributed by atoms with Crippen molar-refractivity contribution in [2.75, 3.05) is 26.6 Å². The van der Waals surface area contributed by atoms with Crippen LogP contribution in [0.2, 0.25) is 10.0 Å². The molecular formula is C28H27Cl2NO6. The zero-order valence-corrected chi connectivity index (χ0v) is 22.1. The van der Waals surface area contributed by atoms with Gasteiger partial charge in [-0.1, -0.05) is 35.3 Å². The van der Waals surface area contributed by atoms with Crippen molar-refractivity contribution in [1.29, 1.82) is 0 Å². The number of dihydropyridines is 1. The Kier molecular flexibility index (Phi) is 7.47. The van der Waals surface area contributed by atoms with Gasteiger partial charge in [0.15, 0.2) is 17.3 Å². The molecule has 2 aliphatic heterocycles. The fraction of sp³-hybridized carbons (Fsp3) is 0.357. The lowest BCUT2D eigenvalue weighted by molar-refractivity contribution is -0.140. The molecule has 9 heteroatoms. The van der Waals surface area contributed by atoms with Crippen LogP contribution in [0.25, 0.3) is 0 Å². The second-order valence-electron chi connectivity index (χ2n) is 9.13. The molecule has 2 aromatic rings. The van der Waals surface area contributed by atoms with Crippen LogP contribution in [0.4, 0.5) is 0 Å². The Morgan fingerprint density at radius 3 is 2.54 bits per heavy atom. The molecule has 1 N–H and O–H groups in total. The van der Waals surface area contributed by atoms with E-state index in [9.17, 15) is 9.59 Å². The Labute approximate surface area is 225 Å². The average Bonchev–Trinajstić information content (AvgIpc) is 3.32. The van der Waals surface area contributed by atoms with E-state index in [2.05, 4.69) is 5.32 Å². The van der Waals surface area contributed by atoms with Crippen LogP contribution in [0.5, 0.6) is 11.5 Å². The maximum atomic E-state index is 13.8. The van der Waals surface area contributed by atoms with Crippen molar-refractivity contribution in [3.8, 4) is 11.5 Å². The molecule has 2 aromatic carbocycles. The van der Waals surface area contributed by atoms with Gasteiger partial charge in [0.25, 0.3) is 0 Å². The molecule has 0 radical (unpaired) electrons. The predicted octanol–water partition coefficient (Wildman–Crippen LogP) is 5.66. The van der Waals surface area contributed by atoms with E-state index in [4.69, 9.17) is 42.1 Å². The summed E-state index contributed by atoms with van der Waals surface area (Å²) >= 11 is 12.8. The van der Waals surface area contributed by atoms with Gasteiger partial charge in [0.1, 0.15) is 6.61 Å². The number of fused-ring (bicyclic) bond motifs is 1. The normalized spacial score (nSPS) is 20.6. The zero-order valence-electron chi connectivity index (χ0n) is 20.6. The topological polar surface area (TPSA) is 83.1 Å². The van der Waals surface area contributed by atoms with Gasteiger partial charge < -0.3 is 24.3 Å². The lowest BCUT2D eigenvalue weighted by atomic mass is 9.71. The van der Waals surface area contributed by atoms with Crippen LogP contribution in [0.3, 0.4) is 0 Å². The van der Waals surface area contributed by atoms with E-state index in [1.54, 1.807) is 12.1 Å². The fourth-order valence-electron chi connectivity index (χ4n) is 5.16. The van der Waals surface area contributed by atoms with Gasteiger partial charge in [-0.15, -0.1) is 0 Å². The minimum absolute atomic E-state index is 0.0172. The van der Waals surface area contributed by atoms with Crippen molar-refractivity contribution < 1.29 is 28.5 Å². The molecule has 5 rings (SSSR count).